The molecule has 0 aromatic heterocycles. The van der Waals surface area contributed by atoms with Crippen molar-refractivity contribution >= 4 is 19.4 Å². The predicted molar refractivity (Wildman–Crippen MR) is 112 cm³/mol. The summed E-state index contributed by atoms with van der Waals surface area (Å²) in [6.07, 6.45) is 10.8. The Labute approximate surface area is 176 Å². The number of unbranched alkanes of at least 4 members (excludes halogenated alkanes) is 5. The Balaban J connectivity index is 0.00000129. The van der Waals surface area contributed by atoms with Gasteiger partial charge in [0, 0.05) is 5.02 Å². The van der Waals surface area contributed by atoms with Crippen molar-refractivity contribution in [3.63, 3.8) is 0 Å². The van der Waals surface area contributed by atoms with Crippen LogP contribution in [-0.4, -0.2) is 30.7 Å². The Bertz CT molecular complexity index is 536. The highest BCUT2D eigenvalue weighted by molar-refractivity contribution is 7.40. The Kier molecular flexibility index (Phi) is 15.2. The molecule has 1 aromatic carbocycles. The van der Waals surface area contributed by atoms with E-state index in [9.17, 15) is 0 Å². The van der Waals surface area contributed by atoms with E-state index in [0.717, 1.165) is 5.02 Å². The van der Waals surface area contributed by atoms with Gasteiger partial charge in [0.25, 0.3) is 0 Å². The molecule has 0 aliphatic rings. The molecule has 0 heterocycles. The van der Waals surface area contributed by atoms with E-state index in [1.807, 2.05) is 12.1 Å². The van der Waals surface area contributed by atoms with Crippen LogP contribution in [0.5, 0.6) is 0 Å². The number of phosphoric acid groups is 1. The molecule has 1 aromatic rings. The summed E-state index contributed by atoms with van der Waals surface area (Å²) >= 11 is 5.95. The van der Waals surface area contributed by atoms with Crippen molar-refractivity contribution in [3.8, 4) is 0 Å². The van der Waals surface area contributed by atoms with Crippen molar-refractivity contribution in [2.45, 2.75) is 72.1 Å². The molecule has 0 aliphatic carbocycles. The number of rotatable bonds is 13. The van der Waals surface area contributed by atoms with E-state index < -0.39 is 7.82 Å². The topological polar surface area (TPSA) is 86.2 Å². The Hall–Kier alpha value is -0.420. The zero-order chi connectivity index (χ0) is 21.5. The molecule has 0 unspecified atom stereocenters. The maximum absolute atomic E-state index is 8.55. The Morgan fingerprint density at radius 1 is 0.821 bits per heavy atom. The van der Waals surface area contributed by atoms with Crippen LogP contribution in [0.2, 0.25) is 5.02 Å². The lowest BCUT2D eigenvalue weighted by Crippen LogP contribution is -2.49. The molecule has 0 radical (unpaired) electrons. The van der Waals surface area contributed by atoms with Crippen molar-refractivity contribution in [1.82, 2.24) is 0 Å². The van der Waals surface area contributed by atoms with Crippen molar-refractivity contribution < 1.29 is 23.7 Å². The van der Waals surface area contributed by atoms with Crippen molar-refractivity contribution in [1.29, 1.82) is 0 Å². The predicted octanol–water partition coefficient (Wildman–Crippen LogP) is 3.67. The summed E-state index contributed by atoms with van der Waals surface area (Å²) in [5.74, 6) is 0. The second-order valence-electron chi connectivity index (χ2n) is 7.37. The van der Waals surface area contributed by atoms with Gasteiger partial charge >= 0.3 is 0 Å². The molecule has 5 nitrogen and oxygen atoms in total. The highest BCUT2D eigenvalue weighted by Gasteiger charge is 2.21. The summed E-state index contributed by atoms with van der Waals surface area (Å²) in [7, 11) is -5.39. The minimum Gasteiger partial charge on any atom is -0.822 e. The number of halogens is 1. The number of hydrogen-bond donors (Lipinski definition) is 0. The van der Waals surface area contributed by atoms with Gasteiger partial charge in [-0.05, 0) is 63.6 Å². The second-order valence-corrected chi connectivity index (χ2v) is 8.70. The molecule has 0 spiro atoms. The highest BCUT2D eigenvalue weighted by atomic mass is 35.5. The molecule has 0 bridgehead atoms. The standard InChI is InChI=1S/C21H37ClN.H3O4P/c1-4-7-8-9-11-18-23(5-2,6-3)19-12-10-13-20-14-16-21(22)17-15-20;1-5(2,3)4/h14-17H,4-13,18-19H2,1-3H3;(H3,1,2,3,4)/q+1;/p-3. The first-order valence-electron chi connectivity index (χ1n) is 10.5. The molecule has 28 heavy (non-hydrogen) atoms. The molecular weight excluding hydrogens is 397 g/mol. The average molecular weight is 434 g/mol. The number of benzene rings is 1. The van der Waals surface area contributed by atoms with Gasteiger partial charge in [0.1, 0.15) is 0 Å². The summed E-state index contributed by atoms with van der Waals surface area (Å²) in [6, 6.07) is 8.34. The van der Waals surface area contributed by atoms with Gasteiger partial charge in [-0.3, -0.25) is 0 Å². The summed E-state index contributed by atoms with van der Waals surface area (Å²) in [5.41, 5.74) is 1.42. The molecule has 1 rings (SSSR count). The average Bonchev–Trinajstić information content (AvgIpc) is 2.63. The zero-order valence-electron chi connectivity index (χ0n) is 17.7. The van der Waals surface area contributed by atoms with E-state index in [0.29, 0.717) is 0 Å². The summed E-state index contributed by atoms with van der Waals surface area (Å²) in [6.45, 7) is 12.3. The first-order valence-corrected chi connectivity index (χ1v) is 12.3. The molecule has 164 valence electrons. The summed E-state index contributed by atoms with van der Waals surface area (Å²) < 4.78 is 9.86. The Morgan fingerprint density at radius 3 is 1.75 bits per heavy atom. The van der Waals surface area contributed by atoms with Gasteiger partial charge in [0.05, 0.1) is 26.2 Å². The third kappa shape index (κ3) is 15.5. The summed E-state index contributed by atoms with van der Waals surface area (Å²) in [5, 5.41) is 0.837. The molecule has 0 N–H and O–H groups in total. The zero-order valence-corrected chi connectivity index (χ0v) is 19.4. The van der Waals surface area contributed by atoms with E-state index in [1.165, 1.54) is 87.6 Å². The van der Waals surface area contributed by atoms with Gasteiger partial charge in [-0.1, -0.05) is 49.9 Å². The fourth-order valence-corrected chi connectivity index (χ4v) is 3.57. The van der Waals surface area contributed by atoms with Crippen LogP contribution < -0.4 is 14.7 Å². The summed E-state index contributed by atoms with van der Waals surface area (Å²) in [4.78, 5) is 25.6. The van der Waals surface area contributed by atoms with Crippen LogP contribution >= 0.6 is 19.4 Å². The SMILES string of the molecule is CCCCCCC[N+](CC)(CC)CCCCc1ccc(Cl)cc1.O=P([O-])([O-])[O-]. The van der Waals surface area contributed by atoms with Crippen LogP contribution in [0, 0.1) is 0 Å². The van der Waals surface area contributed by atoms with Crippen LogP contribution in [0.4, 0.5) is 0 Å². The van der Waals surface area contributed by atoms with Crippen LogP contribution in [0.1, 0.15) is 71.3 Å². The van der Waals surface area contributed by atoms with Crippen LogP contribution in [0.15, 0.2) is 24.3 Å². The van der Waals surface area contributed by atoms with E-state index in [4.69, 9.17) is 30.8 Å². The quantitative estimate of drug-likeness (QED) is 0.270. The molecule has 0 saturated heterocycles. The van der Waals surface area contributed by atoms with Crippen molar-refractivity contribution in [3.05, 3.63) is 34.9 Å². The van der Waals surface area contributed by atoms with E-state index in [2.05, 4.69) is 32.9 Å². The lowest BCUT2D eigenvalue weighted by atomic mass is 10.1. The van der Waals surface area contributed by atoms with Gasteiger partial charge in [0.2, 0.25) is 0 Å². The minimum absolute atomic E-state index is 0.837. The van der Waals surface area contributed by atoms with Crippen molar-refractivity contribution in [2.75, 3.05) is 26.2 Å². The molecule has 7 heteroatoms. The molecule has 0 saturated carbocycles. The van der Waals surface area contributed by atoms with Gasteiger partial charge in [-0.25, -0.2) is 0 Å². The van der Waals surface area contributed by atoms with E-state index >= 15 is 0 Å². The molecular formula is C21H37ClNO4P-2. The van der Waals surface area contributed by atoms with Crippen LogP contribution in [-0.2, 0) is 11.0 Å². The van der Waals surface area contributed by atoms with Gasteiger partial charge < -0.3 is 23.7 Å². The minimum atomic E-state index is -5.39. The fraction of sp³-hybridized carbons (Fsp3) is 0.714. The number of quaternary nitrogens is 1. The van der Waals surface area contributed by atoms with Gasteiger partial charge in [0.15, 0.2) is 0 Å². The molecule has 0 amide bonds. The third-order valence-corrected chi connectivity index (χ3v) is 5.59. The smallest absolute Gasteiger partial charge is 0.0786 e. The third-order valence-electron chi connectivity index (χ3n) is 5.34. The normalized spacial score (nSPS) is 11.8. The highest BCUT2D eigenvalue weighted by Crippen LogP contribution is 2.16. The number of aryl methyl sites for hydroxylation is 1. The monoisotopic (exact) mass is 433 g/mol. The first-order chi connectivity index (χ1) is 13.2. The first kappa shape index (κ1) is 27.6. The lowest BCUT2D eigenvalue weighted by molar-refractivity contribution is -0.925. The number of hydrogen-bond acceptors (Lipinski definition) is 4. The maximum Gasteiger partial charge on any atom is 0.0786 e. The number of nitrogens with zero attached hydrogens (tertiary/aromatic N) is 1. The van der Waals surface area contributed by atoms with Crippen molar-refractivity contribution in [2.24, 2.45) is 0 Å². The second kappa shape index (κ2) is 15.4. The van der Waals surface area contributed by atoms with Crippen LogP contribution in [0.3, 0.4) is 0 Å². The molecule has 0 aliphatic heterocycles. The fourth-order valence-electron chi connectivity index (χ4n) is 3.45. The van der Waals surface area contributed by atoms with Gasteiger partial charge in [-0.2, -0.15) is 7.82 Å². The lowest BCUT2D eigenvalue weighted by Gasteiger charge is -2.37. The van der Waals surface area contributed by atoms with Crippen LogP contribution in [0.25, 0.3) is 0 Å². The Morgan fingerprint density at radius 2 is 1.29 bits per heavy atom. The van der Waals surface area contributed by atoms with E-state index in [-0.39, 0.29) is 0 Å². The van der Waals surface area contributed by atoms with E-state index in [1.54, 1.807) is 0 Å². The van der Waals surface area contributed by atoms with Gasteiger partial charge in [-0.15, -0.1) is 0 Å². The molecule has 0 atom stereocenters. The maximum atomic E-state index is 8.55. The molecule has 0 fully saturated rings. The largest absolute Gasteiger partial charge is 0.822 e.